The van der Waals surface area contributed by atoms with Gasteiger partial charge in [0.05, 0.1) is 6.54 Å². The van der Waals surface area contributed by atoms with E-state index in [9.17, 15) is 0 Å². The molecule has 0 aromatic carbocycles. The van der Waals surface area contributed by atoms with E-state index in [4.69, 9.17) is 4.42 Å². The van der Waals surface area contributed by atoms with Crippen molar-refractivity contribution >= 4 is 6.01 Å². The average Bonchev–Trinajstić information content (AvgIpc) is 2.84. The lowest BCUT2D eigenvalue weighted by molar-refractivity contribution is 0.472. The molecule has 5 heteroatoms. The second kappa shape index (κ2) is 4.82. The van der Waals surface area contributed by atoms with Gasteiger partial charge in [-0.15, -0.1) is 5.10 Å². The van der Waals surface area contributed by atoms with Crippen LogP contribution in [0.25, 0.3) is 0 Å². The van der Waals surface area contributed by atoms with Crippen LogP contribution in [0.5, 0.6) is 0 Å². The van der Waals surface area contributed by atoms with Gasteiger partial charge in [0.25, 0.3) is 0 Å². The molecule has 0 radical (unpaired) electrons. The zero-order valence-electron chi connectivity index (χ0n) is 10.0. The molecule has 90 valence electrons. The fourth-order valence-electron chi connectivity index (χ4n) is 1.45. The molecule has 0 unspecified atom stereocenters. The third kappa shape index (κ3) is 3.20. The number of hydrogen-bond acceptors (Lipinski definition) is 5. The summed E-state index contributed by atoms with van der Waals surface area (Å²) < 4.78 is 5.46. The van der Waals surface area contributed by atoms with Gasteiger partial charge >= 0.3 is 6.01 Å². The molecular formula is C11H20N4O. The Bertz CT molecular complexity index is 332. The first-order chi connectivity index (χ1) is 7.72. The smallest absolute Gasteiger partial charge is 0.315 e. The van der Waals surface area contributed by atoms with E-state index < -0.39 is 0 Å². The van der Waals surface area contributed by atoms with Gasteiger partial charge in [-0.2, -0.15) is 0 Å². The molecule has 5 nitrogen and oxygen atoms in total. The van der Waals surface area contributed by atoms with E-state index in [0.717, 1.165) is 19.5 Å². The molecule has 1 saturated carbocycles. The second-order valence-electron chi connectivity index (χ2n) is 4.84. The van der Waals surface area contributed by atoms with Gasteiger partial charge in [-0.25, -0.2) is 0 Å². The Labute approximate surface area is 96.0 Å². The van der Waals surface area contributed by atoms with E-state index >= 15 is 0 Å². The maximum absolute atomic E-state index is 5.46. The minimum absolute atomic E-state index is 0.453. The lowest BCUT2D eigenvalue weighted by Gasteiger charge is -2.06. The van der Waals surface area contributed by atoms with Crippen LogP contribution in [0.3, 0.4) is 0 Å². The average molecular weight is 224 g/mol. The van der Waals surface area contributed by atoms with E-state index in [0.29, 0.717) is 23.9 Å². The highest BCUT2D eigenvalue weighted by atomic mass is 16.4. The maximum Gasteiger partial charge on any atom is 0.315 e. The quantitative estimate of drug-likeness (QED) is 0.691. The van der Waals surface area contributed by atoms with Crippen molar-refractivity contribution in [2.75, 3.05) is 18.4 Å². The maximum atomic E-state index is 5.46. The van der Waals surface area contributed by atoms with E-state index in [-0.39, 0.29) is 0 Å². The van der Waals surface area contributed by atoms with E-state index in [1.165, 1.54) is 12.8 Å². The third-order valence-corrected chi connectivity index (χ3v) is 2.94. The fourth-order valence-corrected chi connectivity index (χ4v) is 1.45. The number of nitrogens with one attached hydrogen (secondary N) is 2. The second-order valence-corrected chi connectivity index (χ2v) is 4.84. The monoisotopic (exact) mass is 224 g/mol. The van der Waals surface area contributed by atoms with Gasteiger partial charge in [-0.05, 0) is 31.2 Å². The highest BCUT2D eigenvalue weighted by Gasteiger charge is 2.37. The van der Waals surface area contributed by atoms with Crippen LogP contribution < -0.4 is 10.6 Å². The van der Waals surface area contributed by atoms with Gasteiger partial charge in [0.1, 0.15) is 0 Å². The van der Waals surface area contributed by atoms with Gasteiger partial charge in [0, 0.05) is 6.54 Å². The highest BCUT2D eigenvalue weighted by Crippen LogP contribution is 2.44. The molecule has 1 fully saturated rings. The molecule has 0 saturated heterocycles. The van der Waals surface area contributed by atoms with Crippen molar-refractivity contribution in [1.29, 1.82) is 0 Å². The molecule has 2 N–H and O–H groups in total. The summed E-state index contributed by atoms with van der Waals surface area (Å²) in [6.45, 7) is 6.95. The van der Waals surface area contributed by atoms with Crippen LogP contribution in [0.2, 0.25) is 0 Å². The molecule has 0 atom stereocenters. The van der Waals surface area contributed by atoms with E-state index in [1.807, 2.05) is 0 Å². The molecule has 1 aliphatic rings. The fraction of sp³-hybridized carbons (Fsp3) is 0.818. The standard InChI is InChI=1S/C11H20N4O/c1-3-6-12-7-9-14-15-10(16-9)13-8-11(2)4-5-11/h12H,3-8H2,1-2H3,(H,13,15). The molecule has 16 heavy (non-hydrogen) atoms. The first-order valence-corrected chi connectivity index (χ1v) is 5.99. The predicted molar refractivity (Wildman–Crippen MR) is 62.1 cm³/mol. The Morgan fingerprint density at radius 2 is 2.19 bits per heavy atom. The lowest BCUT2D eigenvalue weighted by atomic mass is 10.1. The van der Waals surface area contributed by atoms with Gasteiger partial charge in [-0.3, -0.25) is 0 Å². The van der Waals surface area contributed by atoms with Crippen LogP contribution in [-0.2, 0) is 6.54 Å². The molecule has 1 aromatic rings. The van der Waals surface area contributed by atoms with Gasteiger partial charge in [0.2, 0.25) is 5.89 Å². The third-order valence-electron chi connectivity index (χ3n) is 2.94. The molecule has 0 bridgehead atoms. The lowest BCUT2D eigenvalue weighted by Crippen LogP contribution is -2.14. The van der Waals surface area contributed by atoms with Crippen molar-refractivity contribution in [1.82, 2.24) is 15.5 Å². The molecular weight excluding hydrogens is 204 g/mol. The number of rotatable bonds is 7. The molecule has 0 aliphatic heterocycles. The molecule has 1 aromatic heterocycles. The Morgan fingerprint density at radius 3 is 2.88 bits per heavy atom. The minimum Gasteiger partial charge on any atom is -0.407 e. The number of hydrogen-bond donors (Lipinski definition) is 2. The molecule has 0 spiro atoms. The van der Waals surface area contributed by atoms with Gasteiger partial charge < -0.3 is 15.1 Å². The summed E-state index contributed by atoms with van der Waals surface area (Å²) >= 11 is 0. The van der Waals surface area contributed by atoms with Crippen LogP contribution in [0, 0.1) is 5.41 Å². The van der Waals surface area contributed by atoms with Crippen molar-refractivity contribution in [2.24, 2.45) is 5.41 Å². The number of anilines is 1. The largest absolute Gasteiger partial charge is 0.407 e. The van der Waals surface area contributed by atoms with Crippen LogP contribution in [-0.4, -0.2) is 23.3 Å². The van der Waals surface area contributed by atoms with Crippen LogP contribution in [0.15, 0.2) is 4.42 Å². The van der Waals surface area contributed by atoms with Crippen LogP contribution >= 0.6 is 0 Å². The SMILES string of the molecule is CCCNCc1nnc(NCC2(C)CC2)o1. The van der Waals surface area contributed by atoms with Crippen molar-refractivity contribution in [3.8, 4) is 0 Å². The van der Waals surface area contributed by atoms with Crippen LogP contribution in [0.4, 0.5) is 6.01 Å². The summed E-state index contributed by atoms with van der Waals surface area (Å²) in [5.74, 6) is 0.650. The van der Waals surface area contributed by atoms with Crippen molar-refractivity contribution in [2.45, 2.75) is 39.7 Å². The summed E-state index contributed by atoms with van der Waals surface area (Å²) in [7, 11) is 0. The van der Waals surface area contributed by atoms with Crippen molar-refractivity contribution in [3.05, 3.63) is 5.89 Å². The zero-order chi connectivity index (χ0) is 11.4. The molecule has 0 amide bonds. The minimum atomic E-state index is 0.453. The summed E-state index contributed by atoms with van der Waals surface area (Å²) in [4.78, 5) is 0. The number of aromatic nitrogens is 2. The summed E-state index contributed by atoms with van der Waals surface area (Å²) in [5, 5.41) is 14.3. The number of nitrogens with zero attached hydrogens (tertiary/aromatic N) is 2. The summed E-state index contributed by atoms with van der Waals surface area (Å²) in [5.41, 5.74) is 0.453. The summed E-state index contributed by atoms with van der Waals surface area (Å²) in [6.07, 6.45) is 3.69. The van der Waals surface area contributed by atoms with E-state index in [2.05, 4.69) is 34.7 Å². The topological polar surface area (TPSA) is 63.0 Å². The molecule has 1 heterocycles. The van der Waals surface area contributed by atoms with Crippen molar-refractivity contribution < 1.29 is 4.42 Å². The summed E-state index contributed by atoms with van der Waals surface area (Å²) in [6, 6.07) is 0.543. The molecule has 2 rings (SSSR count). The van der Waals surface area contributed by atoms with Crippen molar-refractivity contribution in [3.63, 3.8) is 0 Å². The van der Waals surface area contributed by atoms with Gasteiger partial charge in [0.15, 0.2) is 0 Å². The Balaban J connectivity index is 1.73. The Kier molecular flexibility index (Phi) is 3.43. The van der Waals surface area contributed by atoms with Crippen LogP contribution in [0.1, 0.15) is 39.0 Å². The first-order valence-electron chi connectivity index (χ1n) is 5.99. The zero-order valence-corrected chi connectivity index (χ0v) is 10.0. The Hall–Kier alpha value is -1.10. The molecule has 1 aliphatic carbocycles. The highest BCUT2D eigenvalue weighted by molar-refractivity contribution is 5.19. The van der Waals surface area contributed by atoms with Gasteiger partial charge in [-0.1, -0.05) is 18.9 Å². The van der Waals surface area contributed by atoms with E-state index in [1.54, 1.807) is 0 Å². The first kappa shape index (κ1) is 11.4. The predicted octanol–water partition coefficient (Wildman–Crippen LogP) is 1.78. The normalized spacial score (nSPS) is 17.4. The Morgan fingerprint density at radius 1 is 1.38 bits per heavy atom.